The summed E-state index contributed by atoms with van der Waals surface area (Å²) in [6.45, 7) is 7.58. The molecule has 0 spiro atoms. The van der Waals surface area contributed by atoms with Gasteiger partial charge in [-0.2, -0.15) is 0 Å². The van der Waals surface area contributed by atoms with Gasteiger partial charge in [-0.25, -0.2) is 5.43 Å². The fraction of sp³-hybridized carbons (Fsp3) is 0.533. The molecule has 1 aromatic rings. The molecule has 2 rings (SSSR count). The molecule has 1 aromatic carbocycles. The molecule has 3 nitrogen and oxygen atoms in total. The average molecular weight is 277 g/mol. The zero-order valence-electron chi connectivity index (χ0n) is 11.9. The van der Waals surface area contributed by atoms with Gasteiger partial charge in [0, 0.05) is 6.54 Å². The quantitative estimate of drug-likeness (QED) is 0.809. The van der Waals surface area contributed by atoms with Crippen molar-refractivity contribution >= 4 is 17.3 Å². The minimum absolute atomic E-state index is 0.255. The molecule has 0 aromatic heterocycles. The summed E-state index contributed by atoms with van der Waals surface area (Å²) in [5, 5.41) is 6.33. The molecule has 0 amide bonds. The Morgan fingerprint density at radius 2 is 1.95 bits per heavy atom. The van der Waals surface area contributed by atoms with Crippen LogP contribution >= 0.6 is 12.2 Å². The van der Waals surface area contributed by atoms with E-state index in [4.69, 9.17) is 12.2 Å². The number of hydrazine groups is 1. The highest BCUT2D eigenvalue weighted by molar-refractivity contribution is 7.80. The summed E-state index contributed by atoms with van der Waals surface area (Å²) >= 11 is 5.46. The fourth-order valence-corrected chi connectivity index (χ4v) is 2.65. The maximum absolute atomic E-state index is 5.46. The van der Waals surface area contributed by atoms with Gasteiger partial charge in [0.25, 0.3) is 0 Å². The van der Waals surface area contributed by atoms with E-state index >= 15 is 0 Å². The maximum atomic E-state index is 5.46. The lowest BCUT2D eigenvalue weighted by Gasteiger charge is -2.29. The summed E-state index contributed by atoms with van der Waals surface area (Å²) in [5.74, 6) is 0.679. The van der Waals surface area contributed by atoms with E-state index in [2.05, 4.69) is 60.8 Å². The van der Waals surface area contributed by atoms with Crippen molar-refractivity contribution in [2.24, 2.45) is 5.92 Å². The molecule has 1 atom stereocenters. The van der Waals surface area contributed by atoms with Crippen molar-refractivity contribution in [3.8, 4) is 0 Å². The van der Waals surface area contributed by atoms with Gasteiger partial charge < -0.3 is 5.32 Å². The van der Waals surface area contributed by atoms with Gasteiger partial charge >= 0.3 is 0 Å². The van der Waals surface area contributed by atoms with Gasteiger partial charge in [0.05, 0.1) is 0 Å². The van der Waals surface area contributed by atoms with E-state index in [0.29, 0.717) is 5.92 Å². The van der Waals surface area contributed by atoms with Crippen molar-refractivity contribution in [1.82, 2.24) is 15.8 Å². The van der Waals surface area contributed by atoms with Gasteiger partial charge in [-0.3, -0.25) is 5.01 Å². The van der Waals surface area contributed by atoms with Crippen LogP contribution in [-0.2, 0) is 5.66 Å². The Bertz CT molecular complexity index is 432. The second kappa shape index (κ2) is 5.88. The second-order valence-electron chi connectivity index (χ2n) is 5.50. The normalized spacial score (nSPS) is 22.9. The number of nitrogens with one attached hydrogen (secondary N) is 2. The van der Waals surface area contributed by atoms with Gasteiger partial charge in [0.2, 0.25) is 0 Å². The van der Waals surface area contributed by atoms with Crippen LogP contribution in [0.1, 0.15) is 39.2 Å². The van der Waals surface area contributed by atoms with E-state index < -0.39 is 0 Å². The summed E-state index contributed by atoms with van der Waals surface area (Å²) in [5.41, 5.74) is 4.53. The zero-order chi connectivity index (χ0) is 13.9. The number of hydrogen-bond donors (Lipinski definition) is 2. The van der Waals surface area contributed by atoms with E-state index in [9.17, 15) is 0 Å². The van der Waals surface area contributed by atoms with Crippen molar-refractivity contribution in [3.63, 3.8) is 0 Å². The van der Waals surface area contributed by atoms with Gasteiger partial charge in [-0.15, -0.1) is 0 Å². The minimum atomic E-state index is -0.255. The molecule has 1 saturated heterocycles. The monoisotopic (exact) mass is 277 g/mol. The van der Waals surface area contributed by atoms with E-state index in [1.54, 1.807) is 0 Å². The van der Waals surface area contributed by atoms with Crippen molar-refractivity contribution < 1.29 is 0 Å². The van der Waals surface area contributed by atoms with Crippen molar-refractivity contribution in [2.45, 2.75) is 39.3 Å². The molecule has 104 valence electrons. The molecular weight excluding hydrogens is 254 g/mol. The van der Waals surface area contributed by atoms with Crippen LogP contribution in [0.15, 0.2) is 30.3 Å². The highest BCUT2D eigenvalue weighted by Crippen LogP contribution is 2.26. The highest BCUT2D eigenvalue weighted by Gasteiger charge is 2.39. The number of thiocarbonyl (C=S) groups is 1. The molecule has 1 heterocycles. The van der Waals surface area contributed by atoms with E-state index in [1.165, 1.54) is 5.56 Å². The predicted molar refractivity (Wildman–Crippen MR) is 83.4 cm³/mol. The second-order valence-corrected chi connectivity index (χ2v) is 5.89. The summed E-state index contributed by atoms with van der Waals surface area (Å²) in [6.07, 6.45) is 2.07. The standard InChI is InChI=1S/C15H23N3S/c1-4-15(13-8-6-5-7-9-13)16-14(19)18(17-15)11-10-12(2)3/h5-9,12,17H,4,10-11H2,1-3H3,(H,16,19)/t15-/m1/s1. The van der Waals surface area contributed by atoms with Crippen molar-refractivity contribution in [3.05, 3.63) is 35.9 Å². The molecule has 19 heavy (non-hydrogen) atoms. The lowest BCUT2D eigenvalue weighted by molar-refractivity contribution is 0.205. The van der Waals surface area contributed by atoms with Gasteiger partial charge in [0.1, 0.15) is 5.66 Å². The molecule has 1 aliphatic rings. The molecule has 4 heteroatoms. The Labute approximate surface area is 121 Å². The van der Waals surface area contributed by atoms with Crippen molar-refractivity contribution in [1.29, 1.82) is 0 Å². The molecule has 0 radical (unpaired) electrons. The lowest BCUT2D eigenvalue weighted by Crippen LogP contribution is -2.48. The minimum Gasteiger partial charge on any atom is -0.338 e. The Kier molecular flexibility index (Phi) is 4.42. The first-order valence-corrected chi connectivity index (χ1v) is 7.41. The first-order chi connectivity index (χ1) is 9.07. The Hall–Kier alpha value is -1.13. The molecule has 0 aliphatic carbocycles. The highest BCUT2D eigenvalue weighted by atomic mass is 32.1. The third-order valence-electron chi connectivity index (χ3n) is 3.62. The van der Waals surface area contributed by atoms with Crippen LogP contribution in [0, 0.1) is 5.92 Å². The molecule has 1 aliphatic heterocycles. The molecule has 0 unspecified atom stereocenters. The number of benzene rings is 1. The summed E-state index contributed by atoms with van der Waals surface area (Å²) in [7, 11) is 0. The van der Waals surface area contributed by atoms with Gasteiger partial charge in [0.15, 0.2) is 5.11 Å². The van der Waals surface area contributed by atoms with Crippen molar-refractivity contribution in [2.75, 3.05) is 6.54 Å². The lowest BCUT2D eigenvalue weighted by atomic mass is 9.98. The fourth-order valence-electron chi connectivity index (χ4n) is 2.33. The third kappa shape index (κ3) is 3.07. The molecule has 2 N–H and O–H groups in total. The van der Waals surface area contributed by atoms with E-state index in [0.717, 1.165) is 24.5 Å². The first-order valence-electron chi connectivity index (χ1n) is 7.00. The smallest absolute Gasteiger partial charge is 0.185 e. The largest absolute Gasteiger partial charge is 0.338 e. The van der Waals surface area contributed by atoms with Gasteiger partial charge in [-0.1, -0.05) is 51.1 Å². The molecule has 0 saturated carbocycles. The molecule has 0 bridgehead atoms. The number of nitrogens with zero attached hydrogens (tertiary/aromatic N) is 1. The van der Waals surface area contributed by atoms with Crippen LogP contribution in [0.2, 0.25) is 0 Å². The topological polar surface area (TPSA) is 27.3 Å². The average Bonchev–Trinajstić information content (AvgIpc) is 2.75. The Balaban J connectivity index is 2.14. The molecular formula is C15H23N3S. The SMILES string of the molecule is CC[C@@]1(c2ccccc2)NC(=S)N(CCC(C)C)N1. The number of rotatable bonds is 5. The first kappa shape index (κ1) is 14.3. The van der Waals surface area contributed by atoms with Crippen LogP contribution in [0.5, 0.6) is 0 Å². The van der Waals surface area contributed by atoms with Crippen LogP contribution in [0.25, 0.3) is 0 Å². The zero-order valence-corrected chi connectivity index (χ0v) is 12.8. The number of hydrogen-bond acceptors (Lipinski definition) is 2. The third-order valence-corrected chi connectivity index (χ3v) is 3.94. The Morgan fingerprint density at radius 1 is 1.26 bits per heavy atom. The van der Waals surface area contributed by atoms with Crippen LogP contribution in [-0.4, -0.2) is 16.7 Å². The summed E-state index contributed by atoms with van der Waals surface area (Å²) in [4.78, 5) is 0. The van der Waals surface area contributed by atoms with Crippen LogP contribution in [0.4, 0.5) is 0 Å². The van der Waals surface area contributed by atoms with Gasteiger partial charge in [-0.05, 0) is 36.5 Å². The molecule has 1 fully saturated rings. The Morgan fingerprint density at radius 3 is 2.53 bits per heavy atom. The van der Waals surface area contributed by atoms with Crippen LogP contribution in [0.3, 0.4) is 0 Å². The summed E-state index contributed by atoms with van der Waals surface area (Å²) < 4.78 is 0. The summed E-state index contributed by atoms with van der Waals surface area (Å²) in [6, 6.07) is 10.4. The van der Waals surface area contributed by atoms with Crippen LogP contribution < -0.4 is 10.7 Å². The predicted octanol–water partition coefficient (Wildman–Crippen LogP) is 2.99. The maximum Gasteiger partial charge on any atom is 0.185 e. The van der Waals surface area contributed by atoms with E-state index in [-0.39, 0.29) is 5.66 Å². The van der Waals surface area contributed by atoms with E-state index in [1.807, 2.05) is 6.07 Å².